The topological polar surface area (TPSA) is 68.6 Å². The van der Waals surface area contributed by atoms with E-state index in [4.69, 9.17) is 4.74 Å². The Kier molecular flexibility index (Phi) is 5.94. The van der Waals surface area contributed by atoms with Gasteiger partial charge in [0, 0.05) is 30.8 Å². The molecule has 0 bridgehead atoms. The van der Waals surface area contributed by atoms with Gasteiger partial charge in [-0.1, -0.05) is 13.8 Å². The molecule has 0 radical (unpaired) electrons. The Morgan fingerprint density at radius 3 is 2.23 bits per heavy atom. The molecule has 1 saturated carbocycles. The number of hydrogen-bond donors (Lipinski definition) is 0. The lowest BCUT2D eigenvalue weighted by Crippen LogP contribution is -2.45. The monoisotopic (exact) mass is 362 g/mol. The minimum absolute atomic E-state index is 0.0304. The average Bonchev–Trinajstić information content (AvgIpc) is 3.35. The van der Waals surface area contributed by atoms with Crippen molar-refractivity contribution in [3.8, 4) is 0 Å². The molecule has 1 amide bonds. The van der Waals surface area contributed by atoms with Crippen LogP contribution in [0.15, 0.2) is 0 Å². The molecule has 1 heterocycles. The van der Waals surface area contributed by atoms with E-state index in [1.165, 1.54) is 7.11 Å². The fourth-order valence-corrected chi connectivity index (χ4v) is 3.60. The molecular weight excluding hydrogens is 332 g/mol. The van der Waals surface area contributed by atoms with E-state index in [9.17, 15) is 14.4 Å². The van der Waals surface area contributed by atoms with Crippen molar-refractivity contribution in [1.29, 1.82) is 0 Å². The van der Waals surface area contributed by atoms with Crippen molar-refractivity contribution in [1.82, 2.24) is 9.47 Å². The molecule has 6 heteroatoms. The number of hydrogen-bond acceptors (Lipinski definition) is 4. The van der Waals surface area contributed by atoms with Crippen LogP contribution in [-0.4, -0.2) is 46.3 Å². The summed E-state index contributed by atoms with van der Waals surface area (Å²) in [5.41, 5.74) is 2.22. The molecule has 0 aromatic carbocycles. The van der Waals surface area contributed by atoms with Crippen LogP contribution in [0.3, 0.4) is 0 Å². The Hall–Kier alpha value is -2.11. The molecule has 0 spiro atoms. The minimum atomic E-state index is -0.543. The Bertz CT molecular complexity index is 729. The van der Waals surface area contributed by atoms with Crippen LogP contribution in [0.2, 0.25) is 0 Å². The summed E-state index contributed by atoms with van der Waals surface area (Å²) in [6.45, 7) is 9.38. The molecule has 0 aliphatic heterocycles. The Morgan fingerprint density at radius 2 is 1.77 bits per heavy atom. The van der Waals surface area contributed by atoms with E-state index in [0.717, 1.165) is 12.8 Å². The van der Waals surface area contributed by atoms with Crippen molar-refractivity contribution < 1.29 is 19.1 Å². The van der Waals surface area contributed by atoms with Crippen molar-refractivity contribution in [2.45, 2.75) is 66.0 Å². The number of carbonyl (C=O) groups is 3. The number of esters is 1. The molecule has 0 saturated heterocycles. The lowest BCUT2D eigenvalue weighted by molar-refractivity contribution is -0.133. The summed E-state index contributed by atoms with van der Waals surface area (Å²) in [6.07, 6.45) is 2.33. The number of rotatable bonds is 7. The zero-order chi connectivity index (χ0) is 19.8. The molecule has 1 atom stereocenters. The van der Waals surface area contributed by atoms with Crippen LogP contribution < -0.4 is 0 Å². The Balaban J connectivity index is 2.38. The van der Waals surface area contributed by atoms with E-state index in [2.05, 4.69) is 0 Å². The van der Waals surface area contributed by atoms with E-state index < -0.39 is 12.0 Å². The van der Waals surface area contributed by atoms with Gasteiger partial charge in [0.1, 0.15) is 5.69 Å². The molecular formula is C20H30N2O4. The molecule has 1 aliphatic rings. The fourth-order valence-electron chi connectivity index (χ4n) is 3.60. The van der Waals surface area contributed by atoms with Gasteiger partial charge in [-0.15, -0.1) is 0 Å². The molecule has 1 aliphatic carbocycles. The largest absolute Gasteiger partial charge is 0.464 e. The van der Waals surface area contributed by atoms with Gasteiger partial charge in [-0.25, -0.2) is 4.79 Å². The molecule has 6 nitrogen and oxygen atoms in total. The first kappa shape index (κ1) is 20.2. The SMILES string of the molecule is COC(=O)c1c(C)c(C(=O)[C@@H](C)N(C(=O)CC(C)C)C2CC2)c(C)n1C. The molecule has 0 unspecified atom stereocenters. The third kappa shape index (κ3) is 3.69. The Labute approximate surface area is 155 Å². The maximum absolute atomic E-state index is 13.3. The second-order valence-electron chi connectivity index (χ2n) is 7.65. The van der Waals surface area contributed by atoms with Crippen molar-refractivity contribution in [2.24, 2.45) is 13.0 Å². The molecule has 26 heavy (non-hydrogen) atoms. The molecule has 1 fully saturated rings. The maximum atomic E-state index is 13.3. The first-order valence-corrected chi connectivity index (χ1v) is 9.21. The molecule has 2 rings (SSSR count). The van der Waals surface area contributed by atoms with E-state index in [1.807, 2.05) is 20.8 Å². The summed E-state index contributed by atoms with van der Waals surface area (Å²) in [7, 11) is 3.08. The first-order chi connectivity index (χ1) is 12.1. The van der Waals surface area contributed by atoms with Crippen LogP contribution >= 0.6 is 0 Å². The standard InChI is InChI=1S/C20H30N2O4/c1-11(2)10-16(23)22(15-8-9-15)14(5)19(24)17-12(3)18(20(25)26-7)21(6)13(17)4/h11,14-15H,8-10H2,1-7H3/t14-/m1/s1. The highest BCUT2D eigenvalue weighted by molar-refractivity contribution is 6.06. The minimum Gasteiger partial charge on any atom is -0.464 e. The van der Waals surface area contributed by atoms with E-state index in [-0.39, 0.29) is 23.7 Å². The zero-order valence-corrected chi connectivity index (χ0v) is 16.9. The molecule has 144 valence electrons. The number of methoxy groups -OCH3 is 1. The van der Waals surface area contributed by atoms with E-state index in [0.29, 0.717) is 28.9 Å². The van der Waals surface area contributed by atoms with Crippen LogP contribution in [0.25, 0.3) is 0 Å². The summed E-state index contributed by atoms with van der Waals surface area (Å²) in [4.78, 5) is 39.8. The van der Waals surface area contributed by atoms with Crippen LogP contribution in [0.1, 0.15) is 72.1 Å². The highest BCUT2D eigenvalue weighted by atomic mass is 16.5. The lowest BCUT2D eigenvalue weighted by atomic mass is 9.99. The maximum Gasteiger partial charge on any atom is 0.354 e. The van der Waals surface area contributed by atoms with Crippen molar-refractivity contribution in [2.75, 3.05) is 7.11 Å². The normalized spacial score (nSPS) is 15.1. The summed E-state index contributed by atoms with van der Waals surface area (Å²) < 4.78 is 6.54. The predicted molar refractivity (Wildman–Crippen MR) is 99.3 cm³/mol. The number of carbonyl (C=O) groups excluding carboxylic acids is 3. The average molecular weight is 362 g/mol. The van der Waals surface area contributed by atoms with Crippen molar-refractivity contribution in [3.63, 3.8) is 0 Å². The number of ketones is 1. The summed E-state index contributed by atoms with van der Waals surface area (Å²) in [5.74, 6) is -0.301. The van der Waals surface area contributed by atoms with Crippen LogP contribution in [0.5, 0.6) is 0 Å². The van der Waals surface area contributed by atoms with Gasteiger partial charge < -0.3 is 14.2 Å². The van der Waals surface area contributed by atoms with E-state index in [1.54, 1.807) is 30.4 Å². The first-order valence-electron chi connectivity index (χ1n) is 9.21. The predicted octanol–water partition coefficient (Wildman–Crippen LogP) is 3.04. The van der Waals surface area contributed by atoms with Gasteiger partial charge in [0.2, 0.25) is 5.91 Å². The van der Waals surface area contributed by atoms with E-state index >= 15 is 0 Å². The van der Waals surface area contributed by atoms with Gasteiger partial charge in [0.05, 0.1) is 13.2 Å². The molecule has 1 aromatic rings. The zero-order valence-electron chi connectivity index (χ0n) is 16.9. The lowest BCUT2D eigenvalue weighted by Gasteiger charge is -2.29. The Morgan fingerprint density at radius 1 is 1.19 bits per heavy atom. The van der Waals surface area contributed by atoms with Gasteiger partial charge in [-0.2, -0.15) is 0 Å². The number of aromatic nitrogens is 1. The van der Waals surface area contributed by atoms with Crippen molar-refractivity contribution >= 4 is 17.7 Å². The fraction of sp³-hybridized carbons (Fsp3) is 0.650. The number of nitrogens with zero attached hydrogens (tertiary/aromatic N) is 2. The van der Waals surface area contributed by atoms with Gasteiger partial charge >= 0.3 is 5.97 Å². The molecule has 0 N–H and O–H groups in total. The second kappa shape index (κ2) is 7.64. The quantitative estimate of drug-likeness (QED) is 0.552. The summed E-state index contributed by atoms with van der Waals surface area (Å²) in [6, 6.07) is -0.386. The van der Waals surface area contributed by atoms with Crippen LogP contribution in [0.4, 0.5) is 0 Å². The van der Waals surface area contributed by atoms with Gasteiger partial charge in [0.15, 0.2) is 5.78 Å². The van der Waals surface area contributed by atoms with Crippen LogP contribution in [-0.2, 0) is 16.6 Å². The van der Waals surface area contributed by atoms with Crippen molar-refractivity contribution in [3.05, 3.63) is 22.5 Å². The number of amides is 1. The second-order valence-corrected chi connectivity index (χ2v) is 7.65. The van der Waals surface area contributed by atoms with Gasteiger partial charge in [0.25, 0.3) is 0 Å². The van der Waals surface area contributed by atoms with Gasteiger partial charge in [-0.3, -0.25) is 9.59 Å². The van der Waals surface area contributed by atoms with Crippen LogP contribution in [0, 0.1) is 19.8 Å². The summed E-state index contributed by atoms with van der Waals surface area (Å²) in [5, 5.41) is 0. The van der Waals surface area contributed by atoms with Gasteiger partial charge in [-0.05, 0) is 45.1 Å². The third-order valence-corrected chi connectivity index (χ3v) is 5.16. The smallest absolute Gasteiger partial charge is 0.354 e. The highest BCUT2D eigenvalue weighted by Crippen LogP contribution is 2.32. The number of Topliss-reactive ketones (excluding diaryl/α,β-unsaturated/α-hetero) is 1. The number of ether oxygens (including phenoxy) is 1. The summed E-state index contributed by atoms with van der Waals surface area (Å²) >= 11 is 0. The highest BCUT2D eigenvalue weighted by Gasteiger charge is 2.40. The third-order valence-electron chi connectivity index (χ3n) is 5.16. The molecule has 1 aromatic heterocycles.